The molecule has 0 bridgehead atoms. The minimum Gasteiger partial charge on any atom is -0.476 e. The molecule has 5 heteroatoms. The van der Waals surface area contributed by atoms with E-state index in [1.54, 1.807) is 25.1 Å². The van der Waals surface area contributed by atoms with Gasteiger partial charge in [0.15, 0.2) is 6.10 Å². The van der Waals surface area contributed by atoms with Crippen molar-refractivity contribution in [2.24, 2.45) is 0 Å². The Bertz CT molecular complexity index is 809. The van der Waals surface area contributed by atoms with Crippen LogP contribution in [0.5, 0.6) is 5.75 Å². The van der Waals surface area contributed by atoms with Crippen LogP contribution in [0.25, 0.3) is 0 Å². The molecule has 2 amide bonds. The van der Waals surface area contributed by atoms with Gasteiger partial charge in [0, 0.05) is 19.7 Å². The molecule has 0 unspecified atom stereocenters. The fourth-order valence-electron chi connectivity index (χ4n) is 3.10. The van der Waals surface area contributed by atoms with Crippen molar-refractivity contribution < 1.29 is 14.3 Å². The Morgan fingerprint density at radius 3 is 2.36 bits per heavy atom. The molecule has 3 rings (SSSR count). The van der Waals surface area contributed by atoms with Crippen LogP contribution < -0.4 is 9.64 Å². The summed E-state index contributed by atoms with van der Waals surface area (Å²) in [7, 11) is 3.37. The maximum Gasteiger partial charge on any atom is 0.265 e. The largest absolute Gasteiger partial charge is 0.476 e. The number of likely N-dealkylation sites (N-methyl/N-ethyl adjacent to an activating group) is 1. The van der Waals surface area contributed by atoms with E-state index in [2.05, 4.69) is 0 Å². The highest BCUT2D eigenvalue weighted by molar-refractivity contribution is 6.08. The summed E-state index contributed by atoms with van der Waals surface area (Å²) in [5.41, 5.74) is 3.37. The van der Waals surface area contributed by atoms with Gasteiger partial charge in [0.2, 0.25) is 0 Å². The first-order valence-corrected chi connectivity index (χ1v) is 8.24. The third-order valence-electron chi connectivity index (χ3n) is 4.20. The number of ether oxygens (including phenoxy) is 1. The van der Waals surface area contributed by atoms with E-state index in [4.69, 9.17) is 4.74 Å². The second-order valence-electron chi connectivity index (χ2n) is 6.60. The van der Waals surface area contributed by atoms with Gasteiger partial charge in [0.1, 0.15) is 5.75 Å². The lowest BCUT2D eigenvalue weighted by atomic mass is 10.0. The number of hydrogen-bond acceptors (Lipinski definition) is 3. The molecule has 0 saturated carbocycles. The zero-order chi connectivity index (χ0) is 18.1. The van der Waals surface area contributed by atoms with Crippen LogP contribution in [-0.4, -0.2) is 43.5 Å². The normalized spacial score (nSPS) is 16.0. The minimum absolute atomic E-state index is 0.126. The molecule has 0 saturated heterocycles. The summed E-state index contributed by atoms with van der Waals surface area (Å²) in [6.45, 7) is 4.13. The van der Waals surface area contributed by atoms with E-state index in [0.717, 1.165) is 11.1 Å². The molecule has 1 atom stereocenters. The predicted molar refractivity (Wildman–Crippen MR) is 97.1 cm³/mol. The summed E-state index contributed by atoms with van der Waals surface area (Å²) in [6, 6.07) is 13.1. The first kappa shape index (κ1) is 17.0. The summed E-state index contributed by atoms with van der Waals surface area (Å²) >= 11 is 0. The second-order valence-corrected chi connectivity index (χ2v) is 6.60. The van der Waals surface area contributed by atoms with Crippen LogP contribution in [-0.2, 0) is 4.79 Å². The smallest absolute Gasteiger partial charge is 0.265 e. The number of benzene rings is 2. The van der Waals surface area contributed by atoms with Crippen molar-refractivity contribution in [1.29, 1.82) is 0 Å². The van der Waals surface area contributed by atoms with E-state index in [-0.39, 0.29) is 18.4 Å². The van der Waals surface area contributed by atoms with E-state index in [1.807, 2.05) is 50.2 Å². The Morgan fingerprint density at radius 1 is 1.08 bits per heavy atom. The second kappa shape index (κ2) is 6.59. The third-order valence-corrected chi connectivity index (χ3v) is 4.20. The molecule has 0 N–H and O–H groups in total. The number of anilines is 1. The topological polar surface area (TPSA) is 49.9 Å². The molecule has 2 aromatic rings. The maximum absolute atomic E-state index is 13.2. The van der Waals surface area contributed by atoms with Crippen molar-refractivity contribution in [3.8, 4) is 5.75 Å². The number of hydrogen-bond donors (Lipinski definition) is 0. The van der Waals surface area contributed by atoms with Crippen LogP contribution in [0.4, 0.5) is 5.69 Å². The Morgan fingerprint density at radius 2 is 1.72 bits per heavy atom. The van der Waals surface area contributed by atoms with Crippen molar-refractivity contribution in [2.45, 2.75) is 20.0 Å². The number of para-hydroxylation sites is 2. The maximum atomic E-state index is 13.2. The average molecular weight is 338 g/mol. The molecule has 1 heterocycles. The Kier molecular flexibility index (Phi) is 4.49. The van der Waals surface area contributed by atoms with Crippen LogP contribution in [0.15, 0.2) is 42.5 Å². The van der Waals surface area contributed by atoms with Crippen LogP contribution in [0, 0.1) is 13.8 Å². The molecule has 0 fully saturated rings. The van der Waals surface area contributed by atoms with Crippen molar-refractivity contribution in [2.75, 3.05) is 25.5 Å². The summed E-state index contributed by atoms with van der Waals surface area (Å²) in [6.07, 6.45) is -0.709. The fourth-order valence-corrected chi connectivity index (χ4v) is 3.10. The number of carbonyl (C=O) groups is 2. The van der Waals surface area contributed by atoms with Gasteiger partial charge in [0.25, 0.3) is 11.8 Å². The van der Waals surface area contributed by atoms with Crippen molar-refractivity contribution in [3.63, 3.8) is 0 Å². The molecule has 1 aliphatic heterocycles. The van der Waals surface area contributed by atoms with Crippen molar-refractivity contribution in [3.05, 3.63) is 59.2 Å². The van der Waals surface area contributed by atoms with Gasteiger partial charge in [-0.15, -0.1) is 0 Å². The van der Waals surface area contributed by atoms with Gasteiger partial charge in [0.05, 0.1) is 12.2 Å². The molecule has 0 aliphatic carbocycles. The van der Waals surface area contributed by atoms with Crippen molar-refractivity contribution >= 4 is 17.5 Å². The van der Waals surface area contributed by atoms with E-state index in [0.29, 0.717) is 17.0 Å². The number of amides is 2. The number of fused-ring (bicyclic) bond motifs is 1. The van der Waals surface area contributed by atoms with E-state index < -0.39 is 6.10 Å². The molecular formula is C20H22N2O3. The number of carbonyl (C=O) groups excluding carboxylic acids is 2. The Hall–Kier alpha value is -2.82. The number of nitrogens with zero attached hydrogens (tertiary/aromatic N) is 2. The van der Waals surface area contributed by atoms with Crippen LogP contribution >= 0.6 is 0 Å². The van der Waals surface area contributed by atoms with Gasteiger partial charge in [-0.2, -0.15) is 0 Å². The highest BCUT2D eigenvalue weighted by Crippen LogP contribution is 2.34. The number of aryl methyl sites for hydroxylation is 2. The first-order valence-electron chi connectivity index (χ1n) is 8.24. The summed E-state index contributed by atoms with van der Waals surface area (Å²) in [4.78, 5) is 28.7. The molecule has 1 aliphatic rings. The average Bonchev–Trinajstić information content (AvgIpc) is 2.58. The van der Waals surface area contributed by atoms with Crippen LogP contribution in [0.2, 0.25) is 0 Å². The lowest BCUT2D eigenvalue weighted by Gasteiger charge is -2.35. The molecule has 5 nitrogen and oxygen atoms in total. The fraction of sp³-hybridized carbons (Fsp3) is 0.300. The molecule has 0 aromatic heterocycles. The SMILES string of the molecule is Cc1cc(C)cc(C(=O)N2C[C@@H](C(=O)N(C)C)Oc3ccccc32)c1. The van der Waals surface area contributed by atoms with Gasteiger partial charge in [-0.1, -0.05) is 29.3 Å². The quantitative estimate of drug-likeness (QED) is 0.846. The number of rotatable bonds is 2. The minimum atomic E-state index is -0.709. The third kappa shape index (κ3) is 3.36. The molecule has 0 radical (unpaired) electrons. The lowest BCUT2D eigenvalue weighted by molar-refractivity contribution is -0.135. The van der Waals surface area contributed by atoms with E-state index in [1.165, 1.54) is 4.90 Å². The van der Waals surface area contributed by atoms with Gasteiger partial charge >= 0.3 is 0 Å². The zero-order valence-corrected chi connectivity index (χ0v) is 14.9. The Balaban J connectivity index is 2.01. The zero-order valence-electron chi connectivity index (χ0n) is 14.9. The van der Waals surface area contributed by atoms with Crippen LogP contribution in [0.3, 0.4) is 0 Å². The molecular weight excluding hydrogens is 316 g/mol. The lowest BCUT2D eigenvalue weighted by Crippen LogP contribution is -2.50. The summed E-state index contributed by atoms with van der Waals surface area (Å²) < 4.78 is 5.83. The highest BCUT2D eigenvalue weighted by Gasteiger charge is 2.34. The van der Waals surface area contributed by atoms with E-state index >= 15 is 0 Å². The highest BCUT2D eigenvalue weighted by atomic mass is 16.5. The van der Waals surface area contributed by atoms with Gasteiger partial charge in [-0.3, -0.25) is 9.59 Å². The molecule has 2 aromatic carbocycles. The van der Waals surface area contributed by atoms with Gasteiger partial charge < -0.3 is 14.5 Å². The molecule has 130 valence electrons. The molecule has 0 spiro atoms. The van der Waals surface area contributed by atoms with Gasteiger partial charge in [-0.05, 0) is 38.1 Å². The van der Waals surface area contributed by atoms with Crippen molar-refractivity contribution in [1.82, 2.24) is 4.90 Å². The van der Waals surface area contributed by atoms with Gasteiger partial charge in [-0.25, -0.2) is 0 Å². The van der Waals surface area contributed by atoms with E-state index in [9.17, 15) is 9.59 Å². The first-order chi connectivity index (χ1) is 11.9. The monoisotopic (exact) mass is 338 g/mol. The predicted octanol–water partition coefficient (Wildman–Crippen LogP) is 2.80. The summed E-state index contributed by atoms with van der Waals surface area (Å²) in [5, 5.41) is 0. The standard InChI is InChI=1S/C20H22N2O3/c1-13-9-14(2)11-15(10-13)19(23)22-12-18(20(24)21(3)4)25-17-8-6-5-7-16(17)22/h5-11,18H,12H2,1-4H3/t18-/m0/s1. The summed E-state index contributed by atoms with van der Waals surface area (Å²) in [5.74, 6) is 0.263. The Labute approximate surface area is 147 Å². The molecule has 25 heavy (non-hydrogen) atoms. The van der Waals surface area contributed by atoms with Crippen LogP contribution in [0.1, 0.15) is 21.5 Å².